The fourth-order valence-electron chi connectivity index (χ4n) is 0.856. The van der Waals surface area contributed by atoms with Gasteiger partial charge in [0.25, 0.3) is 0 Å². The highest BCUT2D eigenvalue weighted by atomic mass is 16.5. The Balaban J connectivity index is 2.36. The molecule has 54 valence electrons. The lowest BCUT2D eigenvalue weighted by Gasteiger charge is -2.19. The highest BCUT2D eigenvalue weighted by molar-refractivity contribution is 4.68. The first-order chi connectivity index (χ1) is 4.21. The van der Waals surface area contributed by atoms with Gasteiger partial charge in [-0.05, 0) is 0 Å². The Bertz CT molecular complexity index is 78.9. The molecule has 2 heteroatoms. The van der Waals surface area contributed by atoms with E-state index in [1.54, 1.807) is 0 Å². The van der Waals surface area contributed by atoms with E-state index in [0.29, 0.717) is 0 Å². The van der Waals surface area contributed by atoms with Crippen molar-refractivity contribution in [3.63, 3.8) is 0 Å². The van der Waals surface area contributed by atoms with Gasteiger partial charge in [-0.15, -0.1) is 0 Å². The van der Waals surface area contributed by atoms with Crippen LogP contribution in [0.25, 0.3) is 0 Å². The van der Waals surface area contributed by atoms with Gasteiger partial charge in [-0.1, -0.05) is 13.8 Å². The second-order valence-electron chi connectivity index (χ2n) is 3.27. The molecule has 0 saturated carbocycles. The fraction of sp³-hybridized carbons (Fsp3) is 1.00. The van der Waals surface area contributed by atoms with Crippen molar-refractivity contribution in [2.45, 2.75) is 13.8 Å². The highest BCUT2D eigenvalue weighted by Crippen LogP contribution is 2.17. The predicted molar refractivity (Wildman–Crippen MR) is 35.4 cm³/mol. The van der Waals surface area contributed by atoms with Crippen molar-refractivity contribution in [3.05, 3.63) is 0 Å². The summed E-state index contributed by atoms with van der Waals surface area (Å²) >= 11 is 0. The second kappa shape index (κ2) is 2.67. The van der Waals surface area contributed by atoms with Gasteiger partial charge in [0.1, 0.15) is 0 Å². The molecule has 0 radical (unpaired) electrons. The minimum atomic E-state index is 0.219. The highest BCUT2D eigenvalue weighted by Gasteiger charge is 2.20. The van der Waals surface area contributed by atoms with Crippen molar-refractivity contribution >= 4 is 0 Å². The van der Waals surface area contributed by atoms with Crippen LogP contribution in [0.5, 0.6) is 0 Å². The molecule has 0 spiro atoms. The summed E-state index contributed by atoms with van der Waals surface area (Å²) in [5, 5.41) is 0. The van der Waals surface area contributed by atoms with Crippen molar-refractivity contribution in [1.82, 2.24) is 0 Å². The Morgan fingerprint density at radius 3 is 1.89 bits per heavy atom. The summed E-state index contributed by atoms with van der Waals surface area (Å²) in [7, 11) is 0. The molecule has 1 fully saturated rings. The van der Waals surface area contributed by atoms with Crippen LogP contribution < -0.4 is 0 Å². The average molecular weight is 130 g/mol. The molecule has 1 aliphatic rings. The maximum absolute atomic E-state index is 5.28. The van der Waals surface area contributed by atoms with E-state index in [1.165, 1.54) is 0 Å². The van der Waals surface area contributed by atoms with Crippen LogP contribution in [0.15, 0.2) is 0 Å². The Morgan fingerprint density at radius 2 is 1.44 bits per heavy atom. The zero-order valence-corrected chi connectivity index (χ0v) is 6.14. The first-order valence-electron chi connectivity index (χ1n) is 3.36. The molecule has 0 amide bonds. The van der Waals surface area contributed by atoms with Crippen molar-refractivity contribution < 1.29 is 9.47 Å². The molecule has 0 aromatic carbocycles. The van der Waals surface area contributed by atoms with Crippen LogP contribution in [0, 0.1) is 5.41 Å². The summed E-state index contributed by atoms with van der Waals surface area (Å²) in [6.45, 7) is 7.46. The fourth-order valence-corrected chi connectivity index (χ4v) is 0.856. The monoisotopic (exact) mass is 130 g/mol. The normalized spacial score (nSPS) is 27.3. The van der Waals surface area contributed by atoms with Gasteiger partial charge < -0.3 is 9.47 Å². The minimum absolute atomic E-state index is 0.219. The van der Waals surface area contributed by atoms with E-state index in [0.717, 1.165) is 26.4 Å². The lowest BCUT2D eigenvalue weighted by atomic mass is 9.97. The first kappa shape index (κ1) is 7.03. The maximum atomic E-state index is 5.28. The van der Waals surface area contributed by atoms with Crippen molar-refractivity contribution in [3.8, 4) is 0 Å². The molecule has 0 aromatic rings. The van der Waals surface area contributed by atoms with E-state index < -0.39 is 0 Å². The largest absolute Gasteiger partial charge is 0.378 e. The summed E-state index contributed by atoms with van der Waals surface area (Å²) in [6, 6.07) is 0. The van der Waals surface area contributed by atoms with Crippen LogP contribution in [0.4, 0.5) is 0 Å². The zero-order valence-electron chi connectivity index (χ0n) is 6.14. The Hall–Kier alpha value is -0.0800. The standard InChI is InChI=1S/C7H14O2/c1-7(2)5-8-3-4-9-6-7/h3-6H2,1-2H3. The second-order valence-corrected chi connectivity index (χ2v) is 3.27. The van der Waals surface area contributed by atoms with Crippen molar-refractivity contribution in [1.29, 1.82) is 0 Å². The van der Waals surface area contributed by atoms with Crippen LogP contribution in [0.2, 0.25) is 0 Å². The minimum Gasteiger partial charge on any atom is -0.378 e. The number of hydrogen-bond acceptors (Lipinski definition) is 2. The summed E-state index contributed by atoms with van der Waals surface area (Å²) < 4.78 is 10.6. The third kappa shape index (κ3) is 2.33. The third-order valence-corrected chi connectivity index (χ3v) is 1.36. The number of rotatable bonds is 0. The quantitative estimate of drug-likeness (QED) is 0.488. The Morgan fingerprint density at radius 1 is 1.00 bits per heavy atom. The SMILES string of the molecule is CC1(C)COCCOC1. The molecule has 1 rings (SSSR count). The predicted octanol–water partition coefficient (Wildman–Crippen LogP) is 1.06. The van der Waals surface area contributed by atoms with E-state index in [9.17, 15) is 0 Å². The van der Waals surface area contributed by atoms with Crippen molar-refractivity contribution in [2.24, 2.45) is 5.41 Å². The molecule has 0 bridgehead atoms. The van der Waals surface area contributed by atoms with E-state index in [1.807, 2.05) is 0 Å². The molecule has 9 heavy (non-hydrogen) atoms. The van der Waals surface area contributed by atoms with E-state index in [2.05, 4.69) is 13.8 Å². The summed E-state index contributed by atoms with van der Waals surface area (Å²) in [5.74, 6) is 0. The molecular formula is C7H14O2. The van der Waals surface area contributed by atoms with Crippen molar-refractivity contribution in [2.75, 3.05) is 26.4 Å². The molecule has 1 aliphatic heterocycles. The van der Waals surface area contributed by atoms with Gasteiger partial charge in [0, 0.05) is 5.41 Å². The molecule has 1 heterocycles. The lowest BCUT2D eigenvalue weighted by Crippen LogP contribution is -2.21. The van der Waals surface area contributed by atoms with Gasteiger partial charge in [0.05, 0.1) is 26.4 Å². The van der Waals surface area contributed by atoms with Crippen LogP contribution in [-0.2, 0) is 9.47 Å². The number of hydrogen-bond donors (Lipinski definition) is 0. The molecule has 0 N–H and O–H groups in total. The van der Waals surface area contributed by atoms with E-state index >= 15 is 0 Å². The van der Waals surface area contributed by atoms with Crippen LogP contribution in [-0.4, -0.2) is 26.4 Å². The maximum Gasteiger partial charge on any atom is 0.0700 e. The van der Waals surface area contributed by atoms with E-state index in [-0.39, 0.29) is 5.41 Å². The van der Waals surface area contributed by atoms with Gasteiger partial charge in [0.2, 0.25) is 0 Å². The smallest absolute Gasteiger partial charge is 0.0700 e. The van der Waals surface area contributed by atoms with Crippen LogP contribution in [0.1, 0.15) is 13.8 Å². The van der Waals surface area contributed by atoms with Gasteiger partial charge in [-0.2, -0.15) is 0 Å². The first-order valence-corrected chi connectivity index (χ1v) is 3.36. The lowest BCUT2D eigenvalue weighted by molar-refractivity contribution is 0.0806. The molecule has 0 atom stereocenters. The molecule has 2 nitrogen and oxygen atoms in total. The average Bonchev–Trinajstić information content (AvgIpc) is 1.92. The summed E-state index contributed by atoms with van der Waals surface area (Å²) in [4.78, 5) is 0. The van der Waals surface area contributed by atoms with Crippen LogP contribution >= 0.6 is 0 Å². The van der Waals surface area contributed by atoms with Crippen LogP contribution in [0.3, 0.4) is 0 Å². The summed E-state index contributed by atoms with van der Waals surface area (Å²) in [6.07, 6.45) is 0. The third-order valence-electron chi connectivity index (χ3n) is 1.36. The number of ether oxygens (including phenoxy) is 2. The Kier molecular flexibility index (Phi) is 2.09. The van der Waals surface area contributed by atoms with Gasteiger partial charge in [-0.3, -0.25) is 0 Å². The van der Waals surface area contributed by atoms with E-state index in [4.69, 9.17) is 9.47 Å². The molecular weight excluding hydrogens is 116 g/mol. The van der Waals surface area contributed by atoms with Gasteiger partial charge in [0.15, 0.2) is 0 Å². The van der Waals surface area contributed by atoms with Gasteiger partial charge in [-0.25, -0.2) is 0 Å². The molecule has 0 aliphatic carbocycles. The summed E-state index contributed by atoms with van der Waals surface area (Å²) in [5.41, 5.74) is 0.219. The Labute approximate surface area is 56.2 Å². The molecule has 0 unspecified atom stereocenters. The molecule has 1 saturated heterocycles. The van der Waals surface area contributed by atoms with Gasteiger partial charge >= 0.3 is 0 Å². The molecule has 0 aromatic heterocycles. The zero-order chi connectivity index (χ0) is 6.74. The topological polar surface area (TPSA) is 18.5 Å².